The number of aliphatic hydroxyl groups is 1. The van der Waals surface area contributed by atoms with Gasteiger partial charge in [0.1, 0.15) is 12.6 Å². The Bertz CT molecular complexity index is 986. The fourth-order valence-corrected chi connectivity index (χ4v) is 4.78. The topological polar surface area (TPSA) is 125 Å². The third-order valence-electron chi connectivity index (χ3n) is 6.56. The number of aliphatic hydroxyl groups excluding tert-OH is 1. The van der Waals surface area contributed by atoms with Crippen LogP contribution in [0.4, 0.5) is 4.79 Å². The number of amides is 2. The summed E-state index contributed by atoms with van der Waals surface area (Å²) < 4.78 is 5.59. The van der Waals surface area contributed by atoms with Crippen molar-refractivity contribution in [1.82, 2.24) is 10.6 Å². The first-order chi connectivity index (χ1) is 16.0. The maximum atomic E-state index is 12.5. The molecule has 0 heterocycles. The van der Waals surface area contributed by atoms with Gasteiger partial charge in [-0.15, -0.1) is 0 Å². The van der Waals surface area contributed by atoms with E-state index in [0.29, 0.717) is 25.7 Å². The minimum atomic E-state index is -1.30. The summed E-state index contributed by atoms with van der Waals surface area (Å²) in [7, 11) is 0. The standard InChI is InChI=1S/C25H28N2O6/c28-13-22(24(30)31)27-23(29)15-9-11-16(12-10-15)26-25(32)33-14-21-19-7-3-1-5-17(19)18-6-2-4-8-20(18)21/h1-8,15-16,21-22,28H,9-14H2,(H,26,32)(H,27,29)(H,30,31)/t15?,16?,22-/m0/s1. The van der Waals surface area contributed by atoms with Gasteiger partial charge in [0.2, 0.25) is 5.91 Å². The molecule has 33 heavy (non-hydrogen) atoms. The summed E-state index contributed by atoms with van der Waals surface area (Å²) in [6.45, 7) is -0.408. The van der Waals surface area contributed by atoms with Gasteiger partial charge in [-0.3, -0.25) is 4.79 Å². The van der Waals surface area contributed by atoms with Gasteiger partial charge in [0.25, 0.3) is 0 Å². The Morgan fingerprint density at radius 1 is 0.939 bits per heavy atom. The van der Waals surface area contributed by atoms with Gasteiger partial charge in [-0.1, -0.05) is 48.5 Å². The summed E-state index contributed by atoms with van der Waals surface area (Å²) in [4.78, 5) is 35.7. The van der Waals surface area contributed by atoms with E-state index in [2.05, 4.69) is 34.9 Å². The van der Waals surface area contributed by atoms with Crippen LogP contribution in [0.25, 0.3) is 11.1 Å². The molecule has 4 N–H and O–H groups in total. The first-order valence-corrected chi connectivity index (χ1v) is 11.2. The summed E-state index contributed by atoms with van der Waals surface area (Å²) in [6, 6.07) is 14.9. The number of ether oxygens (including phenoxy) is 1. The molecular formula is C25H28N2O6. The minimum absolute atomic E-state index is 0.00344. The monoisotopic (exact) mass is 452 g/mol. The first-order valence-electron chi connectivity index (χ1n) is 11.2. The molecule has 2 aliphatic carbocycles. The highest BCUT2D eigenvalue weighted by Crippen LogP contribution is 2.44. The number of carboxylic acid groups (broad SMARTS) is 1. The summed E-state index contributed by atoms with van der Waals surface area (Å²) in [6.07, 6.45) is 1.77. The van der Waals surface area contributed by atoms with Crippen molar-refractivity contribution in [3.8, 4) is 11.1 Å². The van der Waals surface area contributed by atoms with Crippen molar-refractivity contribution in [2.75, 3.05) is 13.2 Å². The fourth-order valence-electron chi connectivity index (χ4n) is 4.78. The van der Waals surface area contributed by atoms with Gasteiger partial charge in [-0.2, -0.15) is 0 Å². The first kappa shape index (κ1) is 22.8. The molecule has 1 saturated carbocycles. The van der Waals surface area contributed by atoms with E-state index in [1.807, 2.05) is 24.3 Å². The Morgan fingerprint density at radius 3 is 2.06 bits per heavy atom. The van der Waals surface area contributed by atoms with Gasteiger partial charge in [-0.25, -0.2) is 9.59 Å². The van der Waals surface area contributed by atoms with Crippen LogP contribution < -0.4 is 10.6 Å². The number of hydrogen-bond acceptors (Lipinski definition) is 5. The van der Waals surface area contributed by atoms with Gasteiger partial charge in [0, 0.05) is 17.9 Å². The molecule has 1 atom stereocenters. The van der Waals surface area contributed by atoms with Gasteiger partial charge in [0.15, 0.2) is 0 Å². The molecule has 0 bridgehead atoms. The highest BCUT2D eigenvalue weighted by Gasteiger charge is 2.31. The molecule has 0 saturated heterocycles. The van der Waals surface area contributed by atoms with Crippen LogP contribution >= 0.6 is 0 Å². The molecule has 0 radical (unpaired) electrons. The second-order valence-corrected chi connectivity index (χ2v) is 8.60. The summed E-state index contributed by atoms with van der Waals surface area (Å²) in [5.41, 5.74) is 4.65. The smallest absolute Gasteiger partial charge is 0.407 e. The fraction of sp³-hybridized carbons (Fsp3) is 0.400. The molecule has 2 amide bonds. The Kier molecular flexibility index (Phi) is 6.93. The van der Waals surface area contributed by atoms with E-state index < -0.39 is 24.7 Å². The molecule has 1 fully saturated rings. The number of hydrogen-bond donors (Lipinski definition) is 4. The predicted molar refractivity (Wildman–Crippen MR) is 121 cm³/mol. The molecular weight excluding hydrogens is 424 g/mol. The van der Waals surface area contributed by atoms with Crippen LogP contribution in [0.3, 0.4) is 0 Å². The van der Waals surface area contributed by atoms with Gasteiger partial charge < -0.3 is 25.6 Å². The SMILES string of the molecule is O=C(NC1CCC(C(=O)N[C@@H](CO)C(=O)O)CC1)OCC1c2ccccc2-c2ccccc21. The van der Waals surface area contributed by atoms with Crippen LogP contribution in [-0.4, -0.2) is 53.5 Å². The molecule has 0 spiro atoms. The number of benzene rings is 2. The van der Waals surface area contributed by atoms with Crippen LogP contribution in [-0.2, 0) is 14.3 Å². The van der Waals surface area contributed by atoms with Gasteiger partial charge >= 0.3 is 12.1 Å². The zero-order valence-corrected chi connectivity index (χ0v) is 18.2. The number of fused-ring (bicyclic) bond motifs is 3. The van der Waals surface area contributed by atoms with Crippen molar-refractivity contribution in [1.29, 1.82) is 0 Å². The average molecular weight is 453 g/mol. The van der Waals surface area contributed by atoms with Crippen LogP contribution in [0.1, 0.15) is 42.7 Å². The molecule has 2 aromatic carbocycles. The molecule has 2 aromatic rings. The molecule has 0 aliphatic heterocycles. The predicted octanol–water partition coefficient (Wildman–Crippen LogP) is 2.65. The van der Waals surface area contributed by atoms with Crippen molar-refractivity contribution in [3.05, 3.63) is 59.7 Å². The largest absolute Gasteiger partial charge is 0.480 e. The van der Waals surface area contributed by atoms with E-state index in [0.717, 1.165) is 11.1 Å². The maximum Gasteiger partial charge on any atom is 0.407 e. The van der Waals surface area contributed by atoms with Crippen LogP contribution in [0, 0.1) is 5.92 Å². The number of carbonyl (C=O) groups excluding carboxylic acids is 2. The van der Waals surface area contributed by atoms with E-state index in [9.17, 15) is 14.4 Å². The van der Waals surface area contributed by atoms with Crippen molar-refractivity contribution in [2.24, 2.45) is 5.92 Å². The highest BCUT2D eigenvalue weighted by molar-refractivity contribution is 5.85. The van der Waals surface area contributed by atoms with Gasteiger partial charge in [-0.05, 0) is 47.9 Å². The van der Waals surface area contributed by atoms with E-state index in [-0.39, 0.29) is 30.4 Å². The molecule has 2 aliphatic rings. The van der Waals surface area contributed by atoms with Gasteiger partial charge in [0.05, 0.1) is 6.61 Å². The second kappa shape index (κ2) is 10.0. The van der Waals surface area contributed by atoms with Crippen molar-refractivity contribution in [2.45, 2.75) is 43.7 Å². The van der Waals surface area contributed by atoms with E-state index in [1.165, 1.54) is 11.1 Å². The Balaban J connectivity index is 1.26. The molecule has 8 nitrogen and oxygen atoms in total. The number of carboxylic acids is 1. The summed E-state index contributed by atoms with van der Waals surface area (Å²) in [5.74, 6) is -1.98. The zero-order chi connectivity index (χ0) is 23.4. The number of aliphatic carboxylic acids is 1. The number of nitrogens with one attached hydrogen (secondary N) is 2. The number of alkyl carbamates (subject to hydrolysis) is 1. The lowest BCUT2D eigenvalue weighted by molar-refractivity contribution is -0.143. The van der Waals surface area contributed by atoms with Crippen LogP contribution in [0.5, 0.6) is 0 Å². The minimum Gasteiger partial charge on any atom is -0.480 e. The number of carbonyl (C=O) groups is 3. The van der Waals surface area contributed by atoms with E-state index in [4.69, 9.17) is 14.9 Å². The normalized spacial score (nSPS) is 20.3. The lowest BCUT2D eigenvalue weighted by Crippen LogP contribution is -2.47. The molecule has 174 valence electrons. The average Bonchev–Trinajstić information content (AvgIpc) is 3.15. The Hall–Kier alpha value is -3.39. The Morgan fingerprint density at radius 2 is 1.52 bits per heavy atom. The molecule has 4 rings (SSSR count). The Labute approximate surface area is 192 Å². The third-order valence-corrected chi connectivity index (χ3v) is 6.56. The zero-order valence-electron chi connectivity index (χ0n) is 18.2. The summed E-state index contributed by atoms with van der Waals surface area (Å²) in [5, 5.41) is 23.3. The second-order valence-electron chi connectivity index (χ2n) is 8.60. The molecule has 0 unspecified atom stereocenters. The van der Waals surface area contributed by atoms with Crippen molar-refractivity contribution in [3.63, 3.8) is 0 Å². The maximum absolute atomic E-state index is 12.5. The van der Waals surface area contributed by atoms with Crippen LogP contribution in [0.2, 0.25) is 0 Å². The quantitative estimate of drug-likeness (QED) is 0.512. The lowest BCUT2D eigenvalue weighted by atomic mass is 9.85. The number of rotatable bonds is 7. The lowest BCUT2D eigenvalue weighted by Gasteiger charge is -2.29. The third kappa shape index (κ3) is 5.01. The summed E-state index contributed by atoms with van der Waals surface area (Å²) >= 11 is 0. The molecule has 0 aromatic heterocycles. The van der Waals surface area contributed by atoms with Crippen molar-refractivity contribution >= 4 is 18.0 Å². The molecule has 8 heteroatoms. The highest BCUT2D eigenvalue weighted by atomic mass is 16.5. The van der Waals surface area contributed by atoms with E-state index in [1.54, 1.807) is 0 Å². The van der Waals surface area contributed by atoms with Crippen molar-refractivity contribution < 1.29 is 29.3 Å². The van der Waals surface area contributed by atoms with E-state index >= 15 is 0 Å². The van der Waals surface area contributed by atoms with Crippen LogP contribution in [0.15, 0.2) is 48.5 Å².